The van der Waals surface area contributed by atoms with Gasteiger partial charge >= 0.3 is 0 Å². The van der Waals surface area contributed by atoms with Crippen molar-refractivity contribution >= 4 is 29.0 Å². The Labute approximate surface area is 150 Å². The van der Waals surface area contributed by atoms with Crippen molar-refractivity contribution in [3.63, 3.8) is 0 Å². The molecule has 0 bridgehead atoms. The lowest BCUT2D eigenvalue weighted by Gasteiger charge is -2.34. The van der Waals surface area contributed by atoms with Gasteiger partial charge in [0.05, 0.1) is 11.6 Å². The summed E-state index contributed by atoms with van der Waals surface area (Å²) in [7, 11) is 1.64. The predicted molar refractivity (Wildman–Crippen MR) is 94.5 cm³/mol. The number of hydrogen-bond acceptors (Lipinski definition) is 5. The standard InChI is InChI=1S/C17H20ClFN4O2/c1-21-10-14(18)16(20)17(25)23-8-6-22(7-9-23)11-15(24)12-2-4-13(19)5-3-12/h2-5,10,20-21H,6-9,11H2,1H3/b14-10+,20-16?. The molecule has 1 aromatic carbocycles. The zero-order valence-electron chi connectivity index (χ0n) is 13.9. The summed E-state index contributed by atoms with van der Waals surface area (Å²) in [5.74, 6) is -0.898. The van der Waals surface area contributed by atoms with Gasteiger partial charge in [0.25, 0.3) is 5.91 Å². The molecule has 6 nitrogen and oxygen atoms in total. The van der Waals surface area contributed by atoms with Gasteiger partial charge in [-0.05, 0) is 24.3 Å². The number of carbonyl (C=O) groups is 2. The molecule has 0 aliphatic carbocycles. The van der Waals surface area contributed by atoms with Gasteiger partial charge in [0, 0.05) is 45.0 Å². The minimum absolute atomic E-state index is 0.0569. The summed E-state index contributed by atoms with van der Waals surface area (Å²) in [4.78, 5) is 27.9. The Balaban J connectivity index is 1.86. The Morgan fingerprint density at radius 3 is 2.40 bits per heavy atom. The molecule has 1 aliphatic heterocycles. The molecule has 0 aromatic heterocycles. The molecule has 2 rings (SSSR count). The van der Waals surface area contributed by atoms with Crippen LogP contribution in [0.4, 0.5) is 4.39 Å². The first-order chi connectivity index (χ1) is 11.9. The van der Waals surface area contributed by atoms with Gasteiger partial charge in [0.1, 0.15) is 11.5 Å². The van der Waals surface area contributed by atoms with Crippen LogP contribution in [0.25, 0.3) is 0 Å². The molecule has 0 unspecified atom stereocenters. The van der Waals surface area contributed by atoms with E-state index in [1.165, 1.54) is 30.5 Å². The molecule has 25 heavy (non-hydrogen) atoms. The van der Waals surface area contributed by atoms with E-state index in [0.29, 0.717) is 31.7 Å². The number of amides is 1. The molecule has 1 amide bonds. The maximum Gasteiger partial charge on any atom is 0.273 e. The number of halogens is 2. The van der Waals surface area contributed by atoms with Crippen LogP contribution >= 0.6 is 11.6 Å². The van der Waals surface area contributed by atoms with Crippen LogP contribution in [0.5, 0.6) is 0 Å². The summed E-state index contributed by atoms with van der Waals surface area (Å²) in [6, 6.07) is 5.46. The van der Waals surface area contributed by atoms with E-state index in [2.05, 4.69) is 5.32 Å². The highest BCUT2D eigenvalue weighted by Gasteiger charge is 2.26. The first-order valence-electron chi connectivity index (χ1n) is 7.84. The number of benzene rings is 1. The quantitative estimate of drug-likeness (QED) is 0.590. The van der Waals surface area contributed by atoms with Crippen molar-refractivity contribution in [1.82, 2.24) is 15.1 Å². The molecular weight excluding hydrogens is 347 g/mol. The molecule has 1 saturated heterocycles. The third-order valence-corrected chi connectivity index (χ3v) is 4.21. The SMILES string of the molecule is CN/C=C(/Cl)C(=N)C(=O)N1CCN(CC(=O)c2ccc(F)cc2)CC1. The second kappa shape index (κ2) is 8.73. The second-order valence-electron chi connectivity index (χ2n) is 5.65. The molecule has 1 fully saturated rings. The van der Waals surface area contributed by atoms with E-state index in [9.17, 15) is 14.0 Å². The third kappa shape index (κ3) is 5.11. The second-order valence-corrected chi connectivity index (χ2v) is 6.06. The first kappa shape index (κ1) is 19.1. The number of nitrogens with zero attached hydrogens (tertiary/aromatic N) is 2. The summed E-state index contributed by atoms with van der Waals surface area (Å²) in [5.41, 5.74) is 0.206. The highest BCUT2D eigenvalue weighted by molar-refractivity contribution is 6.58. The molecule has 8 heteroatoms. The van der Waals surface area contributed by atoms with Crippen molar-refractivity contribution in [2.75, 3.05) is 39.8 Å². The Kier molecular flexibility index (Phi) is 6.66. The van der Waals surface area contributed by atoms with Crippen molar-refractivity contribution in [2.45, 2.75) is 0 Å². The fraction of sp³-hybridized carbons (Fsp3) is 0.353. The summed E-state index contributed by atoms with van der Waals surface area (Å²) in [6.07, 6.45) is 1.39. The van der Waals surface area contributed by atoms with Crippen LogP contribution in [0.15, 0.2) is 35.5 Å². The van der Waals surface area contributed by atoms with Crippen molar-refractivity contribution in [3.05, 3.63) is 46.9 Å². The van der Waals surface area contributed by atoms with E-state index < -0.39 is 5.91 Å². The van der Waals surface area contributed by atoms with Gasteiger partial charge in [-0.1, -0.05) is 11.6 Å². The molecule has 0 spiro atoms. The monoisotopic (exact) mass is 366 g/mol. The predicted octanol–water partition coefficient (Wildman–Crippen LogP) is 1.47. The minimum atomic E-state index is -0.430. The largest absolute Gasteiger partial charge is 0.393 e. The number of hydrogen-bond donors (Lipinski definition) is 2. The molecular formula is C17H20ClFN4O2. The lowest BCUT2D eigenvalue weighted by atomic mass is 10.1. The fourth-order valence-electron chi connectivity index (χ4n) is 2.50. The minimum Gasteiger partial charge on any atom is -0.393 e. The van der Waals surface area contributed by atoms with E-state index in [1.54, 1.807) is 11.9 Å². The van der Waals surface area contributed by atoms with Crippen molar-refractivity contribution in [2.24, 2.45) is 0 Å². The fourth-order valence-corrected chi connectivity index (χ4v) is 2.69. The van der Waals surface area contributed by atoms with Gasteiger partial charge in [0.2, 0.25) is 0 Å². The summed E-state index contributed by atoms with van der Waals surface area (Å²) < 4.78 is 12.9. The lowest BCUT2D eigenvalue weighted by Crippen LogP contribution is -2.51. The summed E-state index contributed by atoms with van der Waals surface area (Å²) in [5, 5.41) is 10.5. The first-order valence-corrected chi connectivity index (χ1v) is 8.22. The van der Waals surface area contributed by atoms with Crippen molar-refractivity contribution < 1.29 is 14.0 Å². The lowest BCUT2D eigenvalue weighted by molar-refractivity contribution is -0.125. The van der Waals surface area contributed by atoms with Crippen LogP contribution < -0.4 is 5.32 Å². The van der Waals surface area contributed by atoms with Crippen molar-refractivity contribution in [1.29, 1.82) is 5.41 Å². The van der Waals surface area contributed by atoms with Gasteiger partial charge in [-0.15, -0.1) is 0 Å². The van der Waals surface area contributed by atoms with E-state index in [-0.39, 0.29) is 28.9 Å². The average molecular weight is 367 g/mol. The average Bonchev–Trinajstić information content (AvgIpc) is 2.61. The number of ketones is 1. The van der Waals surface area contributed by atoms with Crippen LogP contribution in [0.1, 0.15) is 10.4 Å². The van der Waals surface area contributed by atoms with Gasteiger partial charge in [-0.3, -0.25) is 19.9 Å². The molecule has 1 aromatic rings. The van der Waals surface area contributed by atoms with Crippen molar-refractivity contribution in [3.8, 4) is 0 Å². The normalized spacial score (nSPS) is 15.8. The molecule has 0 radical (unpaired) electrons. The Hall–Kier alpha value is -2.25. The molecule has 0 saturated carbocycles. The number of Topliss-reactive ketones (excluding diaryl/α,β-unsaturated/α-hetero) is 1. The molecule has 134 valence electrons. The van der Waals surface area contributed by atoms with Gasteiger partial charge in [-0.2, -0.15) is 0 Å². The van der Waals surface area contributed by atoms with Gasteiger partial charge < -0.3 is 10.2 Å². The smallest absolute Gasteiger partial charge is 0.273 e. The van der Waals surface area contributed by atoms with Crippen LogP contribution in [0.3, 0.4) is 0 Å². The van der Waals surface area contributed by atoms with E-state index in [0.717, 1.165) is 0 Å². The van der Waals surface area contributed by atoms with E-state index >= 15 is 0 Å². The van der Waals surface area contributed by atoms with Crippen LogP contribution in [0.2, 0.25) is 0 Å². The number of carbonyl (C=O) groups excluding carboxylic acids is 2. The zero-order valence-corrected chi connectivity index (χ0v) is 14.6. The molecule has 0 atom stereocenters. The maximum absolute atomic E-state index is 12.9. The van der Waals surface area contributed by atoms with E-state index in [1.807, 2.05) is 4.90 Å². The number of rotatable bonds is 6. The maximum atomic E-state index is 12.9. The van der Waals surface area contributed by atoms with Crippen LogP contribution in [-0.4, -0.2) is 67.0 Å². The Bertz CT molecular complexity index is 682. The van der Waals surface area contributed by atoms with Crippen LogP contribution in [0, 0.1) is 11.2 Å². The third-order valence-electron chi connectivity index (χ3n) is 3.92. The highest BCUT2D eigenvalue weighted by atomic mass is 35.5. The number of nitrogens with one attached hydrogen (secondary N) is 2. The van der Waals surface area contributed by atoms with Gasteiger partial charge in [0.15, 0.2) is 5.78 Å². The molecule has 1 heterocycles. The summed E-state index contributed by atoms with van der Waals surface area (Å²) >= 11 is 5.87. The highest BCUT2D eigenvalue weighted by Crippen LogP contribution is 2.10. The Morgan fingerprint density at radius 2 is 1.84 bits per heavy atom. The molecule has 2 N–H and O–H groups in total. The van der Waals surface area contributed by atoms with Crippen LogP contribution in [-0.2, 0) is 4.79 Å². The topological polar surface area (TPSA) is 76.5 Å². The molecule has 1 aliphatic rings. The number of piperazine rings is 1. The van der Waals surface area contributed by atoms with Gasteiger partial charge in [-0.25, -0.2) is 4.39 Å². The Morgan fingerprint density at radius 1 is 1.24 bits per heavy atom. The summed E-state index contributed by atoms with van der Waals surface area (Å²) in [6.45, 7) is 2.10. The van der Waals surface area contributed by atoms with E-state index in [4.69, 9.17) is 17.0 Å². The zero-order chi connectivity index (χ0) is 18.4.